The number of aryl methyl sites for hydroxylation is 1. The third-order valence-electron chi connectivity index (χ3n) is 2.93. The summed E-state index contributed by atoms with van der Waals surface area (Å²) in [6, 6.07) is 9.60. The predicted molar refractivity (Wildman–Crippen MR) is 79.9 cm³/mol. The van der Waals surface area contributed by atoms with Gasteiger partial charge in [-0.05, 0) is 12.1 Å². The molecular formula is C15H17ClN2O3. The van der Waals surface area contributed by atoms with Crippen LogP contribution in [0.15, 0.2) is 30.3 Å². The Hall–Kier alpha value is -1.85. The number of hydrogen-bond acceptors (Lipinski definition) is 4. The molecule has 0 amide bonds. The molecule has 1 aromatic carbocycles. The van der Waals surface area contributed by atoms with E-state index in [4.69, 9.17) is 21.1 Å². The number of rotatable bonds is 8. The number of para-hydroxylation sites is 1. The smallest absolute Gasteiger partial charge is 0.155 e. The van der Waals surface area contributed by atoms with Crippen LogP contribution in [-0.2, 0) is 17.9 Å². The van der Waals surface area contributed by atoms with Gasteiger partial charge in [-0.15, -0.1) is 0 Å². The second-order valence-electron chi connectivity index (χ2n) is 4.44. The van der Waals surface area contributed by atoms with Crippen LogP contribution in [0.25, 0.3) is 0 Å². The maximum absolute atomic E-state index is 11.0. The van der Waals surface area contributed by atoms with Crippen molar-refractivity contribution in [1.82, 2.24) is 9.78 Å². The van der Waals surface area contributed by atoms with Gasteiger partial charge >= 0.3 is 0 Å². The number of carbonyl (C=O) groups is 1. The second-order valence-corrected chi connectivity index (χ2v) is 4.80. The minimum atomic E-state index is 0.265. The molecule has 2 rings (SSSR count). The lowest BCUT2D eigenvalue weighted by Crippen LogP contribution is -2.06. The molecule has 0 fully saturated rings. The van der Waals surface area contributed by atoms with Gasteiger partial charge in [-0.25, -0.2) is 0 Å². The monoisotopic (exact) mass is 308 g/mol. The Labute approximate surface area is 128 Å². The second kappa shape index (κ2) is 7.81. The standard InChI is InChI=1S/C15H17ClN2O3/c1-20-11-14-13(10-19)15(16)18(17-14)8-5-9-21-12-6-3-2-4-7-12/h2-4,6-7,10H,5,8-9,11H2,1H3. The van der Waals surface area contributed by atoms with E-state index >= 15 is 0 Å². The number of halogens is 1. The normalized spacial score (nSPS) is 10.6. The van der Waals surface area contributed by atoms with E-state index in [1.807, 2.05) is 30.3 Å². The number of hydrogen-bond donors (Lipinski definition) is 0. The molecule has 6 heteroatoms. The van der Waals surface area contributed by atoms with Crippen LogP contribution < -0.4 is 4.74 Å². The van der Waals surface area contributed by atoms with Gasteiger partial charge in [0.05, 0.1) is 18.8 Å². The Morgan fingerprint density at radius 3 is 2.76 bits per heavy atom. The van der Waals surface area contributed by atoms with Crippen LogP contribution in [0.3, 0.4) is 0 Å². The van der Waals surface area contributed by atoms with Gasteiger partial charge in [0.15, 0.2) is 6.29 Å². The molecule has 5 nitrogen and oxygen atoms in total. The molecule has 112 valence electrons. The maximum Gasteiger partial charge on any atom is 0.155 e. The quantitative estimate of drug-likeness (QED) is 0.556. The van der Waals surface area contributed by atoms with Gasteiger partial charge in [0, 0.05) is 20.1 Å². The average molecular weight is 309 g/mol. The molecule has 1 aromatic heterocycles. The van der Waals surface area contributed by atoms with Crippen LogP contribution in [0.4, 0.5) is 0 Å². The fourth-order valence-electron chi connectivity index (χ4n) is 1.93. The minimum Gasteiger partial charge on any atom is -0.494 e. The van der Waals surface area contributed by atoms with Crippen LogP contribution >= 0.6 is 11.6 Å². The maximum atomic E-state index is 11.0. The highest BCUT2D eigenvalue weighted by molar-refractivity contribution is 6.32. The van der Waals surface area contributed by atoms with Gasteiger partial charge in [0.25, 0.3) is 0 Å². The fourth-order valence-corrected chi connectivity index (χ4v) is 2.21. The Bertz CT molecular complexity index is 584. The molecule has 21 heavy (non-hydrogen) atoms. The van der Waals surface area contributed by atoms with Crippen LogP contribution in [0.5, 0.6) is 5.75 Å². The first kappa shape index (κ1) is 15.5. The average Bonchev–Trinajstić information content (AvgIpc) is 2.80. The molecule has 0 atom stereocenters. The van der Waals surface area contributed by atoms with Gasteiger partial charge in [-0.3, -0.25) is 9.48 Å². The van der Waals surface area contributed by atoms with Crippen molar-refractivity contribution >= 4 is 17.9 Å². The first-order valence-electron chi connectivity index (χ1n) is 6.63. The topological polar surface area (TPSA) is 53.4 Å². The van der Waals surface area contributed by atoms with E-state index in [2.05, 4.69) is 5.10 Å². The molecule has 0 aliphatic carbocycles. The third-order valence-corrected chi connectivity index (χ3v) is 3.33. The minimum absolute atomic E-state index is 0.265. The lowest BCUT2D eigenvalue weighted by atomic mass is 10.3. The zero-order valence-corrected chi connectivity index (χ0v) is 12.5. The highest BCUT2D eigenvalue weighted by Gasteiger charge is 2.15. The lowest BCUT2D eigenvalue weighted by molar-refractivity contribution is 0.111. The Morgan fingerprint density at radius 2 is 2.10 bits per heavy atom. The summed E-state index contributed by atoms with van der Waals surface area (Å²) < 4.78 is 12.2. The summed E-state index contributed by atoms with van der Waals surface area (Å²) >= 11 is 6.13. The number of carbonyl (C=O) groups excluding carboxylic acids is 1. The van der Waals surface area contributed by atoms with Crippen LogP contribution in [0.2, 0.25) is 5.15 Å². The molecule has 0 aliphatic rings. The van der Waals surface area contributed by atoms with Gasteiger partial charge < -0.3 is 9.47 Å². The molecule has 0 saturated carbocycles. The SMILES string of the molecule is COCc1nn(CCCOc2ccccc2)c(Cl)c1C=O. The Balaban J connectivity index is 1.89. The molecule has 0 radical (unpaired) electrons. The number of aromatic nitrogens is 2. The van der Waals surface area contributed by atoms with E-state index < -0.39 is 0 Å². The summed E-state index contributed by atoms with van der Waals surface area (Å²) in [5, 5.41) is 4.63. The zero-order chi connectivity index (χ0) is 15.1. The fraction of sp³-hybridized carbons (Fsp3) is 0.333. The van der Waals surface area contributed by atoms with E-state index in [0.29, 0.717) is 35.8 Å². The van der Waals surface area contributed by atoms with E-state index in [0.717, 1.165) is 12.2 Å². The molecular weight excluding hydrogens is 292 g/mol. The summed E-state index contributed by atoms with van der Waals surface area (Å²) in [6.07, 6.45) is 1.45. The highest BCUT2D eigenvalue weighted by Crippen LogP contribution is 2.19. The molecule has 0 N–H and O–H groups in total. The summed E-state index contributed by atoms with van der Waals surface area (Å²) in [7, 11) is 1.55. The van der Waals surface area contributed by atoms with Crippen molar-refractivity contribution in [1.29, 1.82) is 0 Å². The third kappa shape index (κ3) is 4.06. The van der Waals surface area contributed by atoms with Crippen molar-refractivity contribution in [3.05, 3.63) is 46.7 Å². The van der Waals surface area contributed by atoms with E-state index in [9.17, 15) is 4.79 Å². The first-order chi connectivity index (χ1) is 10.3. The number of benzene rings is 1. The van der Waals surface area contributed by atoms with Gasteiger partial charge in [-0.2, -0.15) is 5.10 Å². The molecule has 1 heterocycles. The molecule has 0 aliphatic heterocycles. The van der Waals surface area contributed by atoms with Crippen LogP contribution in [0, 0.1) is 0 Å². The first-order valence-corrected chi connectivity index (χ1v) is 7.01. The van der Waals surface area contributed by atoms with E-state index in [-0.39, 0.29) is 6.61 Å². The molecule has 2 aromatic rings. The van der Waals surface area contributed by atoms with Crippen LogP contribution in [0.1, 0.15) is 22.5 Å². The van der Waals surface area contributed by atoms with Crippen molar-refractivity contribution in [2.24, 2.45) is 0 Å². The summed E-state index contributed by atoms with van der Waals surface area (Å²) in [4.78, 5) is 11.0. The highest BCUT2D eigenvalue weighted by atomic mass is 35.5. The van der Waals surface area contributed by atoms with Crippen molar-refractivity contribution < 1.29 is 14.3 Å². The van der Waals surface area contributed by atoms with E-state index in [1.165, 1.54) is 0 Å². The molecule has 0 saturated heterocycles. The molecule has 0 spiro atoms. The van der Waals surface area contributed by atoms with Crippen LogP contribution in [-0.4, -0.2) is 29.8 Å². The Morgan fingerprint density at radius 1 is 1.33 bits per heavy atom. The predicted octanol–water partition coefficient (Wildman–Crippen LogP) is 2.96. The Kier molecular flexibility index (Phi) is 5.78. The summed E-state index contributed by atoms with van der Waals surface area (Å²) in [5.74, 6) is 0.831. The largest absolute Gasteiger partial charge is 0.494 e. The van der Waals surface area contributed by atoms with Gasteiger partial charge in [-0.1, -0.05) is 29.8 Å². The summed E-state index contributed by atoms with van der Waals surface area (Å²) in [6.45, 7) is 1.40. The van der Waals surface area contributed by atoms with Gasteiger partial charge in [0.1, 0.15) is 16.6 Å². The molecule has 0 bridgehead atoms. The van der Waals surface area contributed by atoms with Gasteiger partial charge in [0.2, 0.25) is 0 Å². The van der Waals surface area contributed by atoms with Crippen molar-refractivity contribution in [3.8, 4) is 5.75 Å². The number of nitrogens with zero attached hydrogens (tertiary/aromatic N) is 2. The van der Waals surface area contributed by atoms with Crippen molar-refractivity contribution in [2.45, 2.75) is 19.6 Å². The van der Waals surface area contributed by atoms with E-state index in [1.54, 1.807) is 11.8 Å². The van der Waals surface area contributed by atoms with Crippen molar-refractivity contribution in [3.63, 3.8) is 0 Å². The zero-order valence-electron chi connectivity index (χ0n) is 11.8. The number of aldehydes is 1. The molecule has 0 unspecified atom stereocenters. The number of methoxy groups -OCH3 is 1. The van der Waals surface area contributed by atoms with Crippen molar-refractivity contribution in [2.75, 3.05) is 13.7 Å². The lowest BCUT2D eigenvalue weighted by Gasteiger charge is -2.06. The number of ether oxygens (including phenoxy) is 2. The summed E-state index contributed by atoms with van der Waals surface area (Å²) in [5.41, 5.74) is 0.948.